The molecule has 0 aromatic heterocycles. The van der Waals surface area contributed by atoms with Crippen molar-refractivity contribution in [3.8, 4) is 5.75 Å². The Morgan fingerprint density at radius 3 is 2.71 bits per heavy atom. The highest BCUT2D eigenvalue weighted by Crippen LogP contribution is 2.26. The molecule has 2 rings (SSSR count). The minimum atomic E-state index is -0.925. The van der Waals surface area contributed by atoms with Crippen LogP contribution in [0.3, 0.4) is 0 Å². The van der Waals surface area contributed by atoms with Crippen molar-refractivity contribution >= 4 is 27.6 Å². The largest absolute Gasteiger partial charge is 0.508 e. The minimum absolute atomic E-state index is 0.255. The fraction of sp³-hybridized carbons (Fsp3) is 0.133. The van der Waals surface area contributed by atoms with E-state index in [4.69, 9.17) is 4.74 Å². The van der Waals surface area contributed by atoms with E-state index in [0.717, 1.165) is 10.5 Å². The molecule has 0 spiro atoms. The van der Waals surface area contributed by atoms with Gasteiger partial charge >= 0.3 is 5.97 Å². The van der Waals surface area contributed by atoms with E-state index in [1.165, 1.54) is 19.2 Å². The number of methoxy groups -OCH3 is 1. The zero-order chi connectivity index (χ0) is 15.4. The van der Waals surface area contributed by atoms with Crippen molar-refractivity contribution in [1.82, 2.24) is 0 Å². The summed E-state index contributed by atoms with van der Waals surface area (Å²) in [6, 6.07) is 9.70. The summed E-state index contributed by atoms with van der Waals surface area (Å²) in [5.74, 6) is -1.47. The van der Waals surface area contributed by atoms with Crippen LogP contribution < -0.4 is 5.32 Å². The van der Waals surface area contributed by atoms with Gasteiger partial charge in [-0.1, -0.05) is 22.0 Å². The molecule has 2 aromatic rings. The van der Waals surface area contributed by atoms with Gasteiger partial charge in [-0.05, 0) is 35.9 Å². The van der Waals surface area contributed by atoms with Crippen LogP contribution in [0.25, 0.3) is 0 Å². The van der Waals surface area contributed by atoms with Gasteiger partial charge in [0.15, 0.2) is 6.04 Å². The zero-order valence-corrected chi connectivity index (χ0v) is 12.7. The van der Waals surface area contributed by atoms with E-state index in [0.29, 0.717) is 5.69 Å². The zero-order valence-electron chi connectivity index (χ0n) is 11.1. The third kappa shape index (κ3) is 3.95. The fourth-order valence-corrected chi connectivity index (χ4v) is 2.30. The number of esters is 1. The van der Waals surface area contributed by atoms with Crippen molar-refractivity contribution in [1.29, 1.82) is 0 Å². The number of rotatable bonds is 4. The Morgan fingerprint density at radius 2 is 2.10 bits per heavy atom. The first kappa shape index (κ1) is 15.3. The smallest absolute Gasteiger partial charge is 0.332 e. The number of ether oxygens (including phenoxy) is 1. The van der Waals surface area contributed by atoms with E-state index in [1.54, 1.807) is 18.2 Å². The van der Waals surface area contributed by atoms with Crippen molar-refractivity contribution in [3.63, 3.8) is 0 Å². The van der Waals surface area contributed by atoms with Crippen molar-refractivity contribution < 1.29 is 19.0 Å². The second kappa shape index (κ2) is 6.58. The Bertz CT molecular complexity index is 643. The topological polar surface area (TPSA) is 58.6 Å². The lowest BCUT2D eigenvalue weighted by Gasteiger charge is -2.18. The van der Waals surface area contributed by atoms with Crippen molar-refractivity contribution in [2.45, 2.75) is 6.04 Å². The fourth-order valence-electron chi connectivity index (χ4n) is 1.90. The Morgan fingerprint density at radius 1 is 1.33 bits per heavy atom. The van der Waals surface area contributed by atoms with Crippen LogP contribution in [0.15, 0.2) is 46.9 Å². The summed E-state index contributed by atoms with van der Waals surface area (Å²) in [7, 11) is 1.25. The number of phenolic OH excluding ortho intramolecular Hbond substituents is 1. The molecule has 0 saturated carbocycles. The average molecular weight is 354 g/mol. The summed E-state index contributed by atoms with van der Waals surface area (Å²) in [6.45, 7) is 0. The number of carbonyl (C=O) groups is 1. The van der Waals surface area contributed by atoms with Gasteiger partial charge in [0, 0.05) is 16.2 Å². The van der Waals surface area contributed by atoms with Gasteiger partial charge in [-0.15, -0.1) is 0 Å². The van der Waals surface area contributed by atoms with Crippen LogP contribution in [0.4, 0.5) is 10.1 Å². The van der Waals surface area contributed by atoms with Gasteiger partial charge < -0.3 is 15.2 Å². The molecular weight excluding hydrogens is 341 g/mol. The van der Waals surface area contributed by atoms with Crippen molar-refractivity contribution in [2.24, 2.45) is 0 Å². The maximum atomic E-state index is 13.4. The van der Waals surface area contributed by atoms with Crippen LogP contribution in [0, 0.1) is 5.82 Å². The molecule has 0 fully saturated rings. The number of hydrogen-bond donors (Lipinski definition) is 2. The van der Waals surface area contributed by atoms with Gasteiger partial charge in [0.2, 0.25) is 0 Å². The molecule has 4 nitrogen and oxygen atoms in total. The lowest BCUT2D eigenvalue weighted by Crippen LogP contribution is -2.22. The summed E-state index contributed by atoms with van der Waals surface area (Å²) >= 11 is 3.33. The van der Waals surface area contributed by atoms with Gasteiger partial charge in [0.1, 0.15) is 11.6 Å². The second-order valence-electron chi connectivity index (χ2n) is 4.35. The number of nitrogens with one attached hydrogen (secondary N) is 1. The molecule has 0 aliphatic heterocycles. The van der Waals surface area contributed by atoms with E-state index >= 15 is 0 Å². The molecule has 2 N–H and O–H groups in total. The standard InChI is InChI=1S/C15H13BrFNO3/c1-21-15(20)14(9-5-11(17)8-13(19)6-9)18-12-4-2-3-10(16)7-12/h2-8,14,18-19H,1H3. The number of phenols is 1. The van der Waals surface area contributed by atoms with Crippen LogP contribution in [0.5, 0.6) is 5.75 Å². The van der Waals surface area contributed by atoms with Crippen LogP contribution in [0.2, 0.25) is 0 Å². The van der Waals surface area contributed by atoms with E-state index in [2.05, 4.69) is 21.2 Å². The molecule has 2 aromatic carbocycles. The average Bonchev–Trinajstić information content (AvgIpc) is 2.43. The van der Waals surface area contributed by atoms with Gasteiger partial charge in [-0.3, -0.25) is 0 Å². The Labute approximate surface area is 129 Å². The summed E-state index contributed by atoms with van der Waals surface area (Å²) in [6.07, 6.45) is 0. The molecular formula is C15H13BrFNO3. The lowest BCUT2D eigenvalue weighted by molar-refractivity contribution is -0.141. The third-order valence-electron chi connectivity index (χ3n) is 2.81. The number of aromatic hydroxyl groups is 1. The Kier molecular flexibility index (Phi) is 4.80. The van der Waals surface area contributed by atoms with E-state index in [-0.39, 0.29) is 11.3 Å². The second-order valence-corrected chi connectivity index (χ2v) is 5.27. The molecule has 6 heteroatoms. The van der Waals surface area contributed by atoms with Crippen molar-refractivity contribution in [2.75, 3.05) is 12.4 Å². The first-order chi connectivity index (χ1) is 9.99. The molecule has 0 amide bonds. The predicted octanol–water partition coefficient (Wildman–Crippen LogP) is 3.62. The van der Waals surface area contributed by atoms with Gasteiger partial charge in [0.05, 0.1) is 7.11 Å². The van der Waals surface area contributed by atoms with Gasteiger partial charge in [0.25, 0.3) is 0 Å². The summed E-state index contributed by atoms with van der Waals surface area (Å²) in [4.78, 5) is 11.9. The molecule has 110 valence electrons. The van der Waals surface area contributed by atoms with Gasteiger partial charge in [-0.2, -0.15) is 0 Å². The highest BCUT2D eigenvalue weighted by Gasteiger charge is 2.22. The first-order valence-corrected chi connectivity index (χ1v) is 6.88. The maximum absolute atomic E-state index is 13.4. The highest BCUT2D eigenvalue weighted by molar-refractivity contribution is 9.10. The van der Waals surface area contributed by atoms with Crippen molar-refractivity contribution in [3.05, 3.63) is 58.3 Å². The summed E-state index contributed by atoms with van der Waals surface area (Å²) in [5.41, 5.74) is 0.933. The highest BCUT2D eigenvalue weighted by atomic mass is 79.9. The number of carbonyl (C=O) groups excluding carboxylic acids is 1. The first-order valence-electron chi connectivity index (χ1n) is 6.09. The molecule has 0 saturated heterocycles. The molecule has 0 aliphatic carbocycles. The van der Waals surface area contributed by atoms with Crippen LogP contribution >= 0.6 is 15.9 Å². The normalized spacial score (nSPS) is 11.8. The number of halogens is 2. The lowest BCUT2D eigenvalue weighted by atomic mass is 10.1. The van der Waals surface area contributed by atoms with Crippen LogP contribution in [-0.4, -0.2) is 18.2 Å². The predicted molar refractivity (Wildman–Crippen MR) is 80.6 cm³/mol. The van der Waals surface area contributed by atoms with Gasteiger partial charge in [-0.25, -0.2) is 9.18 Å². The summed E-state index contributed by atoms with van der Waals surface area (Å²) < 4.78 is 19.0. The molecule has 0 aliphatic rings. The molecule has 0 radical (unpaired) electrons. The number of hydrogen-bond acceptors (Lipinski definition) is 4. The molecule has 21 heavy (non-hydrogen) atoms. The quantitative estimate of drug-likeness (QED) is 0.824. The van der Waals surface area contributed by atoms with Crippen LogP contribution in [-0.2, 0) is 9.53 Å². The maximum Gasteiger partial charge on any atom is 0.332 e. The summed E-state index contributed by atoms with van der Waals surface area (Å²) in [5, 5.41) is 12.4. The monoisotopic (exact) mass is 353 g/mol. The Balaban J connectivity index is 2.36. The molecule has 1 unspecified atom stereocenters. The van der Waals surface area contributed by atoms with Crippen LogP contribution in [0.1, 0.15) is 11.6 Å². The Hall–Kier alpha value is -2.08. The van der Waals surface area contributed by atoms with E-state index in [9.17, 15) is 14.3 Å². The number of anilines is 1. The number of benzene rings is 2. The minimum Gasteiger partial charge on any atom is -0.508 e. The molecule has 0 bridgehead atoms. The van der Waals surface area contributed by atoms with E-state index < -0.39 is 17.8 Å². The third-order valence-corrected chi connectivity index (χ3v) is 3.30. The molecule has 1 atom stereocenters. The SMILES string of the molecule is COC(=O)C(Nc1cccc(Br)c1)c1cc(O)cc(F)c1. The van der Waals surface area contributed by atoms with E-state index in [1.807, 2.05) is 6.07 Å². The molecule has 0 heterocycles.